The van der Waals surface area contributed by atoms with Crippen LogP contribution in [0.5, 0.6) is 0 Å². The van der Waals surface area contributed by atoms with E-state index in [9.17, 15) is 4.79 Å². The van der Waals surface area contributed by atoms with Gasteiger partial charge >= 0.3 is 0 Å². The second-order valence-electron chi connectivity index (χ2n) is 6.93. The molecule has 29 heavy (non-hydrogen) atoms. The summed E-state index contributed by atoms with van der Waals surface area (Å²) in [6, 6.07) is 28.8. The zero-order valence-corrected chi connectivity index (χ0v) is 16.5. The Hall–Kier alpha value is -3.49. The number of ketones is 1. The molecule has 5 rings (SSSR count). The Morgan fingerprint density at radius 1 is 0.690 bits per heavy atom. The second-order valence-corrected chi connectivity index (χ2v) is 7.99. The van der Waals surface area contributed by atoms with Crippen molar-refractivity contribution in [2.75, 3.05) is 0 Å². The van der Waals surface area contributed by atoms with Crippen LogP contribution in [0.15, 0.2) is 97.1 Å². The summed E-state index contributed by atoms with van der Waals surface area (Å²) in [6.45, 7) is 0. The molecule has 2 aliphatic rings. The van der Waals surface area contributed by atoms with Gasteiger partial charge < -0.3 is 0 Å². The normalized spacial score (nSPS) is 12.0. The predicted octanol–water partition coefficient (Wildman–Crippen LogP) is 7.46. The fourth-order valence-electron chi connectivity index (χ4n) is 3.75. The van der Waals surface area contributed by atoms with E-state index in [0.717, 1.165) is 11.1 Å². The molecule has 0 spiro atoms. The van der Waals surface area contributed by atoms with E-state index in [1.807, 2.05) is 59.9 Å². The molecule has 2 heteroatoms. The molecule has 3 aromatic rings. The van der Waals surface area contributed by atoms with Crippen molar-refractivity contribution in [3.8, 4) is 11.1 Å². The third-order valence-corrected chi connectivity index (χ3v) is 6.30. The van der Waals surface area contributed by atoms with Gasteiger partial charge in [0.05, 0.1) is 0 Å². The van der Waals surface area contributed by atoms with Gasteiger partial charge in [0.15, 0.2) is 5.78 Å². The Kier molecular flexibility index (Phi) is 4.55. The first-order valence-corrected chi connectivity index (χ1v) is 10.4. The Morgan fingerprint density at radius 2 is 1.34 bits per heavy atom. The predicted molar refractivity (Wildman–Crippen MR) is 125 cm³/mol. The van der Waals surface area contributed by atoms with Gasteiger partial charge in [-0.15, -0.1) is 11.3 Å². The van der Waals surface area contributed by atoms with Crippen molar-refractivity contribution >= 4 is 49.4 Å². The van der Waals surface area contributed by atoms with Crippen LogP contribution in [0.1, 0.15) is 11.1 Å². The van der Waals surface area contributed by atoms with Crippen LogP contribution in [-0.4, -0.2) is 5.78 Å². The average Bonchev–Trinajstić information content (AvgIpc) is 3.14. The van der Waals surface area contributed by atoms with E-state index in [-0.39, 0.29) is 5.78 Å². The summed E-state index contributed by atoms with van der Waals surface area (Å²) in [5.41, 5.74) is 4.55. The number of carbonyl (C=O) groups is 1. The van der Waals surface area contributed by atoms with Crippen LogP contribution in [0.2, 0.25) is 0 Å². The number of rotatable bonds is 4. The summed E-state index contributed by atoms with van der Waals surface area (Å²) in [7, 11) is 0. The van der Waals surface area contributed by atoms with Crippen molar-refractivity contribution in [2.45, 2.75) is 0 Å². The molecule has 0 bridgehead atoms. The fraction of sp³-hybridized carbons (Fsp3) is 0. The monoisotopic (exact) mass is 390 g/mol. The molecule has 2 aromatic carbocycles. The smallest absolute Gasteiger partial charge is 0.178 e. The molecule has 0 amide bonds. The quantitative estimate of drug-likeness (QED) is 0.291. The lowest BCUT2D eigenvalue weighted by atomic mass is 10.1. The molecular weight excluding hydrogens is 372 g/mol. The SMILES string of the molecule is O=C(/C=C/c1ccccc1)/C=C/c1c2cccccc-2c2sc3ccccc3c12. The van der Waals surface area contributed by atoms with Gasteiger partial charge in [-0.25, -0.2) is 0 Å². The van der Waals surface area contributed by atoms with Gasteiger partial charge in [-0.2, -0.15) is 0 Å². The lowest BCUT2D eigenvalue weighted by Gasteiger charge is -1.98. The number of benzene rings is 2. The summed E-state index contributed by atoms with van der Waals surface area (Å²) in [4.78, 5) is 12.5. The summed E-state index contributed by atoms with van der Waals surface area (Å²) in [5, 5.41) is 2.49. The summed E-state index contributed by atoms with van der Waals surface area (Å²) in [5.74, 6) is -0.0174. The Morgan fingerprint density at radius 3 is 2.17 bits per heavy atom. The van der Waals surface area contributed by atoms with Gasteiger partial charge in [0, 0.05) is 25.7 Å². The third kappa shape index (κ3) is 3.28. The first-order chi connectivity index (χ1) is 14.3. The minimum atomic E-state index is -0.0174. The van der Waals surface area contributed by atoms with Crippen LogP contribution < -0.4 is 0 Å². The molecule has 1 aromatic heterocycles. The average molecular weight is 391 g/mol. The molecule has 0 unspecified atom stereocenters. The number of fused-ring (bicyclic) bond motifs is 5. The second kappa shape index (κ2) is 7.50. The van der Waals surface area contributed by atoms with Gasteiger partial charge in [-0.1, -0.05) is 84.9 Å². The van der Waals surface area contributed by atoms with Gasteiger partial charge in [-0.05, 0) is 41.0 Å². The maximum Gasteiger partial charge on any atom is 0.178 e. The van der Waals surface area contributed by atoms with Crippen molar-refractivity contribution in [1.82, 2.24) is 0 Å². The highest BCUT2D eigenvalue weighted by Gasteiger charge is 2.19. The van der Waals surface area contributed by atoms with Crippen LogP contribution in [0.25, 0.3) is 43.5 Å². The maximum atomic E-state index is 12.5. The largest absolute Gasteiger partial charge is 0.290 e. The third-order valence-electron chi connectivity index (χ3n) is 5.09. The minimum absolute atomic E-state index is 0.0174. The van der Waals surface area contributed by atoms with E-state index >= 15 is 0 Å². The zero-order valence-electron chi connectivity index (χ0n) is 15.7. The van der Waals surface area contributed by atoms with Crippen LogP contribution >= 0.6 is 11.3 Å². The van der Waals surface area contributed by atoms with Crippen molar-refractivity contribution in [2.24, 2.45) is 0 Å². The number of thiophene rings is 1. The first kappa shape index (κ1) is 17.6. The highest BCUT2D eigenvalue weighted by atomic mass is 32.1. The topological polar surface area (TPSA) is 17.1 Å². The first-order valence-electron chi connectivity index (χ1n) is 9.58. The molecule has 0 aliphatic heterocycles. The van der Waals surface area contributed by atoms with Gasteiger partial charge in [0.2, 0.25) is 0 Å². The Bertz CT molecular complexity index is 1360. The zero-order chi connectivity index (χ0) is 19.6. The lowest BCUT2D eigenvalue weighted by Crippen LogP contribution is -1.85. The standard InChI is InChI=1S/C27H18OS/c28-20(16-15-19-9-3-1-4-10-19)17-18-22-21-11-5-2-6-12-23(21)27-26(22)24-13-7-8-14-25(24)29-27/h1-18H/b16-15+,18-17+. The Labute approximate surface area is 173 Å². The molecule has 1 nitrogen and oxygen atoms in total. The van der Waals surface area contributed by atoms with E-state index in [1.165, 1.54) is 31.3 Å². The van der Waals surface area contributed by atoms with Crippen molar-refractivity contribution in [1.29, 1.82) is 0 Å². The van der Waals surface area contributed by atoms with Gasteiger partial charge in [0.25, 0.3) is 0 Å². The number of allylic oxidation sites excluding steroid dienone is 2. The lowest BCUT2D eigenvalue weighted by molar-refractivity contribution is -0.110. The fourth-order valence-corrected chi connectivity index (χ4v) is 5.01. The number of carbonyl (C=O) groups excluding carboxylic acids is 1. The minimum Gasteiger partial charge on any atom is -0.290 e. The number of hydrogen-bond acceptors (Lipinski definition) is 2. The van der Waals surface area contributed by atoms with Crippen LogP contribution in [0.4, 0.5) is 0 Å². The molecule has 0 fully saturated rings. The highest BCUT2D eigenvalue weighted by molar-refractivity contribution is 7.26. The Balaban J connectivity index is 1.61. The number of hydrogen-bond donors (Lipinski definition) is 0. The molecule has 138 valence electrons. The van der Waals surface area contributed by atoms with Crippen molar-refractivity contribution in [3.05, 3.63) is 108 Å². The summed E-state index contributed by atoms with van der Waals surface area (Å²) >= 11 is 1.82. The van der Waals surface area contributed by atoms with Crippen molar-refractivity contribution < 1.29 is 4.79 Å². The molecule has 0 atom stereocenters. The van der Waals surface area contributed by atoms with Crippen LogP contribution in [-0.2, 0) is 4.79 Å². The molecular formula is C27H18OS. The summed E-state index contributed by atoms with van der Waals surface area (Å²) < 4.78 is 2.56. The van der Waals surface area contributed by atoms with Crippen molar-refractivity contribution in [3.63, 3.8) is 0 Å². The van der Waals surface area contributed by atoms with Gasteiger partial charge in [0.1, 0.15) is 0 Å². The molecule has 0 saturated heterocycles. The molecule has 0 radical (unpaired) electrons. The molecule has 0 saturated carbocycles. The van der Waals surface area contributed by atoms with Crippen LogP contribution in [0, 0.1) is 0 Å². The maximum absolute atomic E-state index is 12.5. The highest BCUT2D eigenvalue weighted by Crippen LogP contribution is 2.47. The van der Waals surface area contributed by atoms with Crippen LogP contribution in [0.3, 0.4) is 0 Å². The molecule has 1 heterocycles. The van der Waals surface area contributed by atoms with E-state index in [1.54, 1.807) is 12.2 Å². The van der Waals surface area contributed by atoms with E-state index in [2.05, 4.69) is 48.5 Å². The van der Waals surface area contributed by atoms with E-state index in [4.69, 9.17) is 0 Å². The molecule has 2 aliphatic carbocycles. The molecule has 0 N–H and O–H groups in total. The van der Waals surface area contributed by atoms with E-state index < -0.39 is 0 Å². The summed E-state index contributed by atoms with van der Waals surface area (Å²) in [6.07, 6.45) is 7.12. The van der Waals surface area contributed by atoms with E-state index in [0.29, 0.717) is 0 Å². The van der Waals surface area contributed by atoms with Gasteiger partial charge in [-0.3, -0.25) is 4.79 Å².